The van der Waals surface area contributed by atoms with Gasteiger partial charge in [-0.25, -0.2) is 0 Å². The van der Waals surface area contributed by atoms with Crippen LogP contribution >= 0.6 is 17.0 Å². The molecule has 0 radical (unpaired) electrons. The number of aliphatic imine (C=N–C) groups is 1. The first-order chi connectivity index (χ1) is 8.35. The Hall–Kier alpha value is -1.23. The molecule has 0 N–H and O–H groups in total. The van der Waals surface area contributed by atoms with E-state index in [1.54, 1.807) is 7.11 Å². The number of hydrogen-bond donors (Lipinski definition) is 0. The summed E-state index contributed by atoms with van der Waals surface area (Å²) in [7, 11) is 1.71. The van der Waals surface area contributed by atoms with Gasteiger partial charge in [0, 0.05) is 25.7 Å². The van der Waals surface area contributed by atoms with Crippen molar-refractivity contribution in [2.45, 2.75) is 13.3 Å². The molecule has 5 heteroatoms. The lowest BCUT2D eigenvalue weighted by molar-refractivity contribution is 0.415. The number of methoxy groups -OCH3 is 1. The van der Waals surface area contributed by atoms with Crippen LogP contribution in [0.2, 0.25) is 0 Å². The van der Waals surface area contributed by atoms with E-state index in [0.29, 0.717) is 0 Å². The molecule has 2 aliphatic rings. The first-order valence-corrected chi connectivity index (χ1v) is 6.12. The van der Waals surface area contributed by atoms with Gasteiger partial charge in [-0.3, -0.25) is 4.99 Å². The second kappa shape index (κ2) is 5.18. The second-order valence-corrected chi connectivity index (χ2v) is 4.29. The molecule has 0 aliphatic carbocycles. The average molecular weight is 312 g/mol. The van der Waals surface area contributed by atoms with E-state index in [1.807, 2.05) is 6.07 Å². The van der Waals surface area contributed by atoms with Crippen LogP contribution in [0.15, 0.2) is 23.2 Å². The summed E-state index contributed by atoms with van der Waals surface area (Å²) in [6.07, 6.45) is 1.12. The third-order valence-electron chi connectivity index (χ3n) is 3.36. The van der Waals surface area contributed by atoms with Gasteiger partial charge in [0.2, 0.25) is 5.96 Å². The van der Waals surface area contributed by atoms with Crippen LogP contribution in [0.25, 0.3) is 0 Å². The molecule has 0 unspecified atom stereocenters. The van der Waals surface area contributed by atoms with Crippen LogP contribution in [0.5, 0.6) is 5.75 Å². The molecule has 0 saturated heterocycles. The lowest BCUT2D eigenvalue weighted by Gasteiger charge is -2.25. The highest BCUT2D eigenvalue weighted by Gasteiger charge is 2.33. The van der Waals surface area contributed by atoms with E-state index in [0.717, 1.165) is 37.8 Å². The Balaban J connectivity index is 0.00000120. The van der Waals surface area contributed by atoms with E-state index in [1.165, 1.54) is 11.4 Å². The highest BCUT2D eigenvalue weighted by molar-refractivity contribution is 8.93. The van der Waals surface area contributed by atoms with E-state index in [2.05, 4.69) is 33.8 Å². The van der Waals surface area contributed by atoms with Gasteiger partial charge in [-0.2, -0.15) is 0 Å². The summed E-state index contributed by atoms with van der Waals surface area (Å²) in [6, 6.07) is 6.24. The molecule has 98 valence electrons. The molecule has 0 saturated carbocycles. The average Bonchev–Trinajstić information content (AvgIpc) is 2.71. The number of guanidine groups is 1. The minimum atomic E-state index is 0. The van der Waals surface area contributed by atoms with Crippen molar-refractivity contribution >= 4 is 34.3 Å². The van der Waals surface area contributed by atoms with Crippen molar-refractivity contribution in [3.8, 4) is 5.75 Å². The molecule has 4 nitrogen and oxygen atoms in total. The van der Waals surface area contributed by atoms with Crippen molar-refractivity contribution in [2.75, 3.05) is 36.5 Å². The van der Waals surface area contributed by atoms with Gasteiger partial charge in [-0.1, -0.05) is 0 Å². The van der Waals surface area contributed by atoms with E-state index >= 15 is 0 Å². The number of ether oxygens (including phenoxy) is 1. The summed E-state index contributed by atoms with van der Waals surface area (Å²) in [4.78, 5) is 9.21. The number of anilines is 2. The topological polar surface area (TPSA) is 28.1 Å². The highest BCUT2D eigenvalue weighted by atomic mass is 79.9. The summed E-state index contributed by atoms with van der Waals surface area (Å²) in [5.41, 5.74) is 2.47. The Labute approximate surface area is 118 Å². The van der Waals surface area contributed by atoms with Gasteiger partial charge in [0.1, 0.15) is 5.75 Å². The molecule has 2 aliphatic heterocycles. The zero-order valence-electron chi connectivity index (χ0n) is 10.7. The molecule has 1 aromatic rings. The first-order valence-electron chi connectivity index (χ1n) is 6.12. The Morgan fingerprint density at radius 2 is 2.17 bits per heavy atom. The van der Waals surface area contributed by atoms with E-state index in [9.17, 15) is 0 Å². The third kappa shape index (κ3) is 1.86. The standard InChI is InChI=1S/C13H17N3O.BrH/c1-3-15-11-6-5-10(17-2)9-12(11)16-8-4-7-14-13(15)16;/h5-6,9H,3-4,7-8H2,1-2H3;1H. The summed E-state index contributed by atoms with van der Waals surface area (Å²) in [5.74, 6) is 2.01. The van der Waals surface area contributed by atoms with Crippen molar-refractivity contribution in [1.82, 2.24) is 0 Å². The minimum absolute atomic E-state index is 0. The maximum Gasteiger partial charge on any atom is 0.205 e. The molecule has 18 heavy (non-hydrogen) atoms. The number of hydrogen-bond acceptors (Lipinski definition) is 4. The van der Waals surface area contributed by atoms with Crippen LogP contribution in [0.1, 0.15) is 13.3 Å². The van der Waals surface area contributed by atoms with E-state index in [-0.39, 0.29) is 17.0 Å². The monoisotopic (exact) mass is 311 g/mol. The molecule has 1 aromatic carbocycles. The SMILES string of the molecule is Br.CCN1C2=NCCCN2c2cc(OC)ccc21. The zero-order valence-corrected chi connectivity index (χ0v) is 12.4. The Morgan fingerprint density at radius 1 is 1.33 bits per heavy atom. The number of halogens is 1. The lowest BCUT2D eigenvalue weighted by Crippen LogP contribution is -2.41. The molecule has 0 bridgehead atoms. The predicted octanol–water partition coefficient (Wildman–Crippen LogP) is 2.68. The molecular formula is C13H18BrN3O. The van der Waals surface area contributed by atoms with Gasteiger partial charge in [-0.05, 0) is 25.5 Å². The molecule has 0 spiro atoms. The summed E-state index contributed by atoms with van der Waals surface area (Å²) in [5, 5.41) is 0. The van der Waals surface area contributed by atoms with Crippen LogP contribution in [0.3, 0.4) is 0 Å². The maximum absolute atomic E-state index is 5.30. The van der Waals surface area contributed by atoms with Gasteiger partial charge >= 0.3 is 0 Å². The largest absolute Gasteiger partial charge is 0.497 e. The van der Waals surface area contributed by atoms with Crippen LogP contribution in [0, 0.1) is 0 Å². The third-order valence-corrected chi connectivity index (χ3v) is 3.36. The van der Waals surface area contributed by atoms with Crippen LogP contribution in [0.4, 0.5) is 11.4 Å². The number of rotatable bonds is 2. The fourth-order valence-electron chi connectivity index (χ4n) is 2.55. The van der Waals surface area contributed by atoms with Crippen molar-refractivity contribution < 1.29 is 4.74 Å². The summed E-state index contributed by atoms with van der Waals surface area (Å²) >= 11 is 0. The number of nitrogens with zero attached hydrogens (tertiary/aromatic N) is 3. The highest BCUT2D eigenvalue weighted by Crippen LogP contribution is 2.40. The summed E-state index contributed by atoms with van der Waals surface area (Å²) < 4.78 is 5.30. The lowest BCUT2D eigenvalue weighted by atomic mass is 10.2. The Bertz CT molecular complexity index is 475. The maximum atomic E-state index is 5.30. The molecular weight excluding hydrogens is 294 g/mol. The fourth-order valence-corrected chi connectivity index (χ4v) is 2.55. The molecule has 0 aromatic heterocycles. The molecule has 0 atom stereocenters. The van der Waals surface area contributed by atoms with Crippen molar-refractivity contribution in [3.05, 3.63) is 18.2 Å². The Morgan fingerprint density at radius 3 is 2.89 bits per heavy atom. The quantitative estimate of drug-likeness (QED) is 0.840. The van der Waals surface area contributed by atoms with Crippen LogP contribution in [-0.4, -0.2) is 32.7 Å². The van der Waals surface area contributed by atoms with Gasteiger partial charge in [0.25, 0.3) is 0 Å². The number of fused-ring (bicyclic) bond motifs is 3. The normalized spacial score (nSPS) is 16.7. The van der Waals surface area contributed by atoms with Gasteiger partial charge in [0.05, 0.1) is 18.5 Å². The molecule has 0 amide bonds. The molecule has 3 rings (SSSR count). The zero-order chi connectivity index (χ0) is 11.8. The second-order valence-electron chi connectivity index (χ2n) is 4.29. The van der Waals surface area contributed by atoms with Crippen molar-refractivity contribution in [2.24, 2.45) is 4.99 Å². The molecule has 0 fully saturated rings. The van der Waals surface area contributed by atoms with Gasteiger partial charge in [0.15, 0.2) is 0 Å². The minimum Gasteiger partial charge on any atom is -0.497 e. The van der Waals surface area contributed by atoms with Crippen LogP contribution in [-0.2, 0) is 0 Å². The number of benzene rings is 1. The predicted molar refractivity (Wildman–Crippen MR) is 80.6 cm³/mol. The van der Waals surface area contributed by atoms with Gasteiger partial charge < -0.3 is 14.5 Å². The Kier molecular flexibility index (Phi) is 3.80. The van der Waals surface area contributed by atoms with Crippen molar-refractivity contribution in [1.29, 1.82) is 0 Å². The van der Waals surface area contributed by atoms with E-state index in [4.69, 9.17) is 4.74 Å². The first kappa shape index (κ1) is 13.2. The summed E-state index contributed by atoms with van der Waals surface area (Å²) in [6.45, 7) is 5.10. The van der Waals surface area contributed by atoms with Crippen molar-refractivity contribution in [3.63, 3.8) is 0 Å². The van der Waals surface area contributed by atoms with Crippen LogP contribution < -0.4 is 14.5 Å². The van der Waals surface area contributed by atoms with E-state index < -0.39 is 0 Å². The fraction of sp³-hybridized carbons (Fsp3) is 0.462. The van der Waals surface area contributed by atoms with Gasteiger partial charge in [-0.15, -0.1) is 17.0 Å². The molecule has 2 heterocycles. The smallest absolute Gasteiger partial charge is 0.205 e.